The van der Waals surface area contributed by atoms with Gasteiger partial charge in [-0.2, -0.15) is 0 Å². The molecule has 1 aromatic rings. The first-order chi connectivity index (χ1) is 7.47. The average molecular weight is 227 g/mol. The molecule has 7 nitrogen and oxygen atoms in total. The van der Waals surface area contributed by atoms with Gasteiger partial charge in [0.15, 0.2) is 6.10 Å². The third kappa shape index (κ3) is 2.26. The molecule has 0 aliphatic heterocycles. The number of rotatable bonds is 4. The van der Waals surface area contributed by atoms with E-state index in [0.29, 0.717) is 0 Å². The normalized spacial score (nSPS) is 11.9. The van der Waals surface area contributed by atoms with Crippen molar-refractivity contribution in [2.45, 2.75) is 6.10 Å². The summed E-state index contributed by atoms with van der Waals surface area (Å²) in [4.78, 5) is 20.4. The Kier molecular flexibility index (Phi) is 3.41. The number of ether oxygens (including phenoxy) is 1. The number of nitrogens with zero attached hydrogens (tertiary/aromatic N) is 1. The average Bonchev–Trinajstić information content (AvgIpc) is 2.26. The van der Waals surface area contributed by atoms with E-state index in [1.165, 1.54) is 13.2 Å². The summed E-state index contributed by atoms with van der Waals surface area (Å²) in [5.74, 6) is -1.33. The van der Waals surface area contributed by atoms with Gasteiger partial charge in [0.25, 0.3) is 5.69 Å². The first-order valence-corrected chi connectivity index (χ1v) is 4.20. The molecule has 7 heteroatoms. The number of carboxylic acids is 1. The number of carbonyl (C=O) groups is 1. The lowest BCUT2D eigenvalue weighted by molar-refractivity contribution is -0.386. The molecule has 1 rings (SSSR count). The van der Waals surface area contributed by atoms with Gasteiger partial charge < -0.3 is 14.9 Å². The summed E-state index contributed by atoms with van der Waals surface area (Å²) >= 11 is 0. The molecule has 0 fully saturated rings. The van der Waals surface area contributed by atoms with E-state index in [1.54, 1.807) is 0 Å². The molecule has 0 aliphatic rings. The SMILES string of the molecule is COc1ccc([C@H](O)C(=O)O)c([N+](=O)[O-])c1. The van der Waals surface area contributed by atoms with Crippen molar-refractivity contribution >= 4 is 11.7 Å². The molecule has 1 aromatic carbocycles. The van der Waals surface area contributed by atoms with Crippen LogP contribution in [0.1, 0.15) is 11.7 Å². The summed E-state index contributed by atoms with van der Waals surface area (Å²) in [5.41, 5.74) is -0.771. The molecule has 2 N–H and O–H groups in total. The highest BCUT2D eigenvalue weighted by molar-refractivity contribution is 5.76. The van der Waals surface area contributed by atoms with E-state index in [9.17, 15) is 20.0 Å². The quantitative estimate of drug-likeness (QED) is 0.579. The number of benzene rings is 1. The van der Waals surface area contributed by atoms with Crippen molar-refractivity contribution in [2.24, 2.45) is 0 Å². The van der Waals surface area contributed by atoms with Crippen LogP contribution in [0.25, 0.3) is 0 Å². The lowest BCUT2D eigenvalue weighted by atomic mass is 10.1. The molecule has 0 saturated heterocycles. The smallest absolute Gasteiger partial charge is 0.337 e. The van der Waals surface area contributed by atoms with Gasteiger partial charge in [0.05, 0.1) is 23.7 Å². The summed E-state index contributed by atoms with van der Waals surface area (Å²) < 4.78 is 4.77. The van der Waals surface area contributed by atoms with Crippen LogP contribution < -0.4 is 4.74 Å². The number of hydrogen-bond donors (Lipinski definition) is 2. The van der Waals surface area contributed by atoms with E-state index in [4.69, 9.17) is 9.84 Å². The maximum atomic E-state index is 10.7. The van der Waals surface area contributed by atoms with E-state index in [0.717, 1.165) is 12.1 Å². The zero-order valence-corrected chi connectivity index (χ0v) is 8.28. The molecule has 0 radical (unpaired) electrons. The van der Waals surface area contributed by atoms with Crippen LogP contribution in [0.15, 0.2) is 18.2 Å². The first kappa shape index (κ1) is 11.9. The summed E-state index contributed by atoms with van der Waals surface area (Å²) in [5, 5.41) is 28.5. The van der Waals surface area contributed by atoms with Gasteiger partial charge in [0.2, 0.25) is 0 Å². The van der Waals surface area contributed by atoms with Crippen LogP contribution in [0, 0.1) is 10.1 Å². The molecule has 0 aromatic heterocycles. The van der Waals surface area contributed by atoms with Crippen molar-refractivity contribution in [3.05, 3.63) is 33.9 Å². The maximum absolute atomic E-state index is 10.7. The van der Waals surface area contributed by atoms with Gasteiger partial charge >= 0.3 is 5.97 Å². The molecular weight excluding hydrogens is 218 g/mol. The third-order valence-corrected chi connectivity index (χ3v) is 1.96. The summed E-state index contributed by atoms with van der Waals surface area (Å²) in [6.45, 7) is 0. The van der Waals surface area contributed by atoms with Crippen LogP contribution in [0.5, 0.6) is 5.75 Å². The first-order valence-electron chi connectivity index (χ1n) is 4.20. The Morgan fingerprint density at radius 1 is 1.56 bits per heavy atom. The van der Waals surface area contributed by atoms with Crippen molar-refractivity contribution in [1.82, 2.24) is 0 Å². The third-order valence-electron chi connectivity index (χ3n) is 1.96. The maximum Gasteiger partial charge on any atom is 0.337 e. The Bertz CT molecular complexity index is 430. The molecule has 0 amide bonds. The summed E-state index contributed by atoms with van der Waals surface area (Å²) in [6.07, 6.45) is -1.92. The van der Waals surface area contributed by atoms with Gasteiger partial charge in [-0.15, -0.1) is 0 Å². The molecule has 0 saturated carbocycles. The Morgan fingerprint density at radius 3 is 2.62 bits per heavy atom. The van der Waals surface area contributed by atoms with Crippen molar-refractivity contribution in [3.63, 3.8) is 0 Å². The molecule has 0 bridgehead atoms. The predicted molar refractivity (Wildman–Crippen MR) is 52.2 cm³/mol. The van der Waals surface area contributed by atoms with E-state index in [2.05, 4.69) is 0 Å². The van der Waals surface area contributed by atoms with Crippen LogP contribution in [-0.4, -0.2) is 28.2 Å². The number of hydrogen-bond acceptors (Lipinski definition) is 5. The Hall–Kier alpha value is -2.15. The number of aliphatic hydroxyl groups is 1. The predicted octanol–water partition coefficient (Wildman–Crippen LogP) is 0.721. The number of aliphatic hydroxyl groups excluding tert-OH is 1. The lowest BCUT2D eigenvalue weighted by Crippen LogP contribution is -2.12. The van der Waals surface area contributed by atoms with Crippen LogP contribution >= 0.6 is 0 Å². The van der Waals surface area contributed by atoms with Crippen molar-refractivity contribution in [3.8, 4) is 5.75 Å². The van der Waals surface area contributed by atoms with Gasteiger partial charge in [0.1, 0.15) is 5.75 Å². The summed E-state index contributed by atoms with van der Waals surface area (Å²) in [6, 6.07) is 3.55. The second-order valence-corrected chi connectivity index (χ2v) is 2.92. The molecular formula is C9H9NO6. The fourth-order valence-electron chi connectivity index (χ4n) is 1.17. The minimum absolute atomic E-state index is 0.216. The number of nitro benzene ring substituents is 1. The van der Waals surface area contributed by atoms with Gasteiger partial charge in [-0.25, -0.2) is 4.79 Å². The van der Waals surface area contributed by atoms with E-state index in [1.807, 2.05) is 0 Å². The topological polar surface area (TPSA) is 110 Å². The van der Waals surface area contributed by atoms with Crippen LogP contribution in [0.4, 0.5) is 5.69 Å². The van der Waals surface area contributed by atoms with Crippen molar-refractivity contribution in [1.29, 1.82) is 0 Å². The minimum atomic E-state index is -1.92. The highest BCUT2D eigenvalue weighted by atomic mass is 16.6. The standard InChI is InChI=1S/C9H9NO6/c1-16-5-2-3-6(8(11)9(12)13)7(4-5)10(14)15/h2-4,8,11H,1H3,(H,12,13)/t8-/m0/s1. The number of carboxylic acid groups (broad SMARTS) is 1. The highest BCUT2D eigenvalue weighted by Gasteiger charge is 2.26. The molecule has 16 heavy (non-hydrogen) atoms. The minimum Gasteiger partial charge on any atom is -0.497 e. The fourth-order valence-corrected chi connectivity index (χ4v) is 1.17. The molecule has 0 aliphatic carbocycles. The van der Waals surface area contributed by atoms with Crippen LogP contribution in [0.3, 0.4) is 0 Å². The van der Waals surface area contributed by atoms with E-state index in [-0.39, 0.29) is 11.3 Å². The molecule has 86 valence electrons. The largest absolute Gasteiger partial charge is 0.497 e. The molecule has 1 atom stereocenters. The molecule has 0 unspecified atom stereocenters. The lowest BCUT2D eigenvalue weighted by Gasteiger charge is -2.07. The second-order valence-electron chi connectivity index (χ2n) is 2.92. The van der Waals surface area contributed by atoms with Crippen LogP contribution in [0.2, 0.25) is 0 Å². The van der Waals surface area contributed by atoms with E-state index >= 15 is 0 Å². The van der Waals surface area contributed by atoms with Crippen molar-refractivity contribution < 1.29 is 24.7 Å². The Balaban J connectivity index is 3.28. The van der Waals surface area contributed by atoms with Gasteiger partial charge in [-0.1, -0.05) is 0 Å². The van der Waals surface area contributed by atoms with Gasteiger partial charge in [-0.3, -0.25) is 10.1 Å². The van der Waals surface area contributed by atoms with Gasteiger partial charge in [-0.05, 0) is 12.1 Å². The highest BCUT2D eigenvalue weighted by Crippen LogP contribution is 2.29. The number of nitro groups is 1. The zero-order chi connectivity index (χ0) is 12.3. The summed E-state index contributed by atoms with van der Waals surface area (Å²) in [7, 11) is 1.33. The molecule has 0 spiro atoms. The Labute approximate surface area is 90.0 Å². The molecule has 0 heterocycles. The number of methoxy groups -OCH3 is 1. The zero-order valence-electron chi connectivity index (χ0n) is 8.28. The number of aliphatic carboxylic acids is 1. The Morgan fingerprint density at radius 2 is 2.19 bits per heavy atom. The van der Waals surface area contributed by atoms with Crippen LogP contribution in [-0.2, 0) is 4.79 Å². The monoisotopic (exact) mass is 227 g/mol. The second kappa shape index (κ2) is 4.58. The van der Waals surface area contributed by atoms with Gasteiger partial charge in [0, 0.05) is 0 Å². The van der Waals surface area contributed by atoms with Crippen molar-refractivity contribution in [2.75, 3.05) is 7.11 Å². The fraction of sp³-hybridized carbons (Fsp3) is 0.222. The van der Waals surface area contributed by atoms with E-state index < -0.39 is 22.7 Å².